The summed E-state index contributed by atoms with van der Waals surface area (Å²) in [6, 6.07) is 8.19. The maximum Gasteiger partial charge on any atom is 0.204 e. The zero-order chi connectivity index (χ0) is 15.1. The predicted octanol–water partition coefficient (Wildman–Crippen LogP) is 1.73. The molecule has 0 spiro atoms. The fraction of sp³-hybridized carbons (Fsp3) is 0.438. The Kier molecular flexibility index (Phi) is 3.18. The van der Waals surface area contributed by atoms with Gasteiger partial charge in [-0.2, -0.15) is 0 Å². The molecule has 3 aromatic rings. The van der Waals surface area contributed by atoms with Crippen molar-refractivity contribution in [1.82, 2.24) is 24.5 Å². The summed E-state index contributed by atoms with van der Waals surface area (Å²) in [7, 11) is 0. The van der Waals surface area contributed by atoms with E-state index in [2.05, 4.69) is 43.5 Å². The van der Waals surface area contributed by atoms with Crippen LogP contribution in [-0.2, 0) is 0 Å². The Morgan fingerprint density at radius 2 is 1.82 bits per heavy atom. The second-order valence-electron chi connectivity index (χ2n) is 5.75. The van der Waals surface area contributed by atoms with Crippen molar-refractivity contribution in [2.75, 3.05) is 37.6 Å². The maximum atomic E-state index is 4.88. The van der Waals surface area contributed by atoms with Crippen molar-refractivity contribution in [2.45, 2.75) is 13.8 Å². The molecule has 114 valence electrons. The average molecular weight is 296 g/mol. The number of piperazine rings is 1. The molecule has 6 nitrogen and oxygen atoms in total. The first-order valence-corrected chi connectivity index (χ1v) is 7.85. The normalized spacial score (nSPS) is 16.7. The number of para-hydroxylation sites is 2. The van der Waals surface area contributed by atoms with E-state index in [0.29, 0.717) is 0 Å². The van der Waals surface area contributed by atoms with Gasteiger partial charge in [0.2, 0.25) is 5.65 Å². The zero-order valence-corrected chi connectivity index (χ0v) is 13.0. The van der Waals surface area contributed by atoms with Crippen LogP contribution in [0.2, 0.25) is 0 Å². The monoisotopic (exact) mass is 296 g/mol. The van der Waals surface area contributed by atoms with Gasteiger partial charge in [-0.3, -0.25) is 4.40 Å². The molecule has 0 N–H and O–H groups in total. The number of likely N-dealkylation sites (N-methyl/N-ethyl adjacent to an activating group) is 1. The molecule has 1 aliphatic heterocycles. The summed E-state index contributed by atoms with van der Waals surface area (Å²) in [5.41, 5.74) is 2.92. The zero-order valence-electron chi connectivity index (χ0n) is 13.0. The molecule has 22 heavy (non-hydrogen) atoms. The summed E-state index contributed by atoms with van der Waals surface area (Å²) >= 11 is 0. The number of aromatic nitrogens is 4. The molecule has 2 aromatic heterocycles. The first-order valence-electron chi connectivity index (χ1n) is 7.85. The number of fused-ring (bicyclic) bond motifs is 3. The van der Waals surface area contributed by atoms with Crippen LogP contribution >= 0.6 is 0 Å². The minimum absolute atomic E-state index is 0.862. The lowest BCUT2D eigenvalue weighted by molar-refractivity contribution is 0.270. The summed E-state index contributed by atoms with van der Waals surface area (Å²) < 4.78 is 2.11. The number of benzene rings is 1. The van der Waals surface area contributed by atoms with E-state index in [1.165, 1.54) is 0 Å². The Morgan fingerprint density at radius 1 is 1.05 bits per heavy atom. The fourth-order valence-electron chi connectivity index (χ4n) is 3.20. The lowest BCUT2D eigenvalue weighted by Gasteiger charge is -2.34. The third-order valence-electron chi connectivity index (χ3n) is 4.49. The van der Waals surface area contributed by atoms with Gasteiger partial charge in [0.05, 0.1) is 11.0 Å². The highest BCUT2D eigenvalue weighted by atomic mass is 15.3. The molecule has 1 fully saturated rings. The lowest BCUT2D eigenvalue weighted by atomic mass is 10.2. The molecule has 0 bridgehead atoms. The summed E-state index contributed by atoms with van der Waals surface area (Å²) in [6.07, 6.45) is 0. The van der Waals surface area contributed by atoms with Gasteiger partial charge in [-0.15, -0.1) is 10.2 Å². The Bertz CT molecular complexity index is 816. The van der Waals surface area contributed by atoms with Crippen molar-refractivity contribution in [3.05, 3.63) is 30.1 Å². The van der Waals surface area contributed by atoms with E-state index in [1.807, 2.05) is 19.1 Å². The van der Waals surface area contributed by atoms with Crippen LogP contribution in [0.15, 0.2) is 24.3 Å². The topological polar surface area (TPSA) is 49.6 Å². The highest BCUT2D eigenvalue weighted by Gasteiger charge is 2.22. The summed E-state index contributed by atoms with van der Waals surface area (Å²) in [5, 5.41) is 8.65. The Labute approximate surface area is 129 Å². The number of anilines is 1. The molecule has 4 rings (SSSR count). The molecule has 1 aliphatic rings. The van der Waals surface area contributed by atoms with Crippen molar-refractivity contribution in [3.8, 4) is 0 Å². The van der Waals surface area contributed by atoms with E-state index >= 15 is 0 Å². The van der Waals surface area contributed by atoms with Gasteiger partial charge in [-0.05, 0) is 25.6 Å². The highest BCUT2D eigenvalue weighted by Crippen LogP contribution is 2.25. The Hall–Kier alpha value is -2.21. The van der Waals surface area contributed by atoms with Gasteiger partial charge in [0.25, 0.3) is 0 Å². The van der Waals surface area contributed by atoms with E-state index in [9.17, 15) is 0 Å². The van der Waals surface area contributed by atoms with Gasteiger partial charge < -0.3 is 9.80 Å². The summed E-state index contributed by atoms with van der Waals surface area (Å²) in [6.45, 7) is 9.43. The molecule has 6 heteroatoms. The highest BCUT2D eigenvalue weighted by molar-refractivity contribution is 5.83. The maximum absolute atomic E-state index is 4.88. The number of hydrogen-bond acceptors (Lipinski definition) is 5. The van der Waals surface area contributed by atoms with Crippen LogP contribution < -0.4 is 4.90 Å². The van der Waals surface area contributed by atoms with Crippen LogP contribution in [0.5, 0.6) is 0 Å². The van der Waals surface area contributed by atoms with Crippen molar-refractivity contribution >= 4 is 22.5 Å². The molecule has 0 aliphatic carbocycles. The van der Waals surface area contributed by atoms with E-state index in [-0.39, 0.29) is 0 Å². The first kappa shape index (κ1) is 13.5. The number of rotatable bonds is 2. The van der Waals surface area contributed by atoms with Crippen LogP contribution in [0.3, 0.4) is 0 Å². The van der Waals surface area contributed by atoms with Crippen molar-refractivity contribution in [2.24, 2.45) is 0 Å². The number of hydrogen-bond donors (Lipinski definition) is 0. The van der Waals surface area contributed by atoms with Crippen molar-refractivity contribution in [1.29, 1.82) is 0 Å². The average Bonchev–Trinajstić information content (AvgIpc) is 2.97. The third kappa shape index (κ3) is 2.02. The van der Waals surface area contributed by atoms with Gasteiger partial charge in [0.15, 0.2) is 5.82 Å². The van der Waals surface area contributed by atoms with Crippen molar-refractivity contribution < 1.29 is 0 Å². The summed E-state index contributed by atoms with van der Waals surface area (Å²) in [5.74, 6) is 1.86. The van der Waals surface area contributed by atoms with Crippen LogP contribution in [0.1, 0.15) is 12.7 Å². The SMILES string of the molecule is CCN1CCN(c2nc3ccccc3n3c(C)nnc23)CC1. The molecule has 0 amide bonds. The Balaban J connectivity index is 1.86. The van der Waals surface area contributed by atoms with E-state index in [1.54, 1.807) is 0 Å². The van der Waals surface area contributed by atoms with Gasteiger partial charge >= 0.3 is 0 Å². The standard InChI is InChI=1S/C16H20N6/c1-3-20-8-10-21(11-9-20)15-16-19-18-12(2)22(16)14-7-5-4-6-13(14)17-15/h4-7H,3,8-11H2,1-2H3. The number of aryl methyl sites for hydroxylation is 1. The molecule has 0 atom stereocenters. The van der Waals surface area contributed by atoms with E-state index in [0.717, 1.165) is 61.0 Å². The van der Waals surface area contributed by atoms with E-state index in [4.69, 9.17) is 4.98 Å². The minimum Gasteiger partial charge on any atom is -0.351 e. The molecule has 0 radical (unpaired) electrons. The molecule has 3 heterocycles. The van der Waals surface area contributed by atoms with E-state index < -0.39 is 0 Å². The molecule has 1 saturated heterocycles. The molecule has 0 saturated carbocycles. The largest absolute Gasteiger partial charge is 0.351 e. The second-order valence-corrected chi connectivity index (χ2v) is 5.75. The van der Waals surface area contributed by atoms with Crippen LogP contribution in [0, 0.1) is 6.92 Å². The predicted molar refractivity (Wildman–Crippen MR) is 87.4 cm³/mol. The third-order valence-corrected chi connectivity index (χ3v) is 4.49. The quantitative estimate of drug-likeness (QED) is 0.721. The van der Waals surface area contributed by atoms with Gasteiger partial charge in [-0.25, -0.2) is 4.98 Å². The van der Waals surface area contributed by atoms with Gasteiger partial charge in [0.1, 0.15) is 5.82 Å². The van der Waals surface area contributed by atoms with Crippen LogP contribution in [0.4, 0.5) is 5.82 Å². The molecule has 0 unspecified atom stereocenters. The molecular weight excluding hydrogens is 276 g/mol. The van der Waals surface area contributed by atoms with Crippen molar-refractivity contribution in [3.63, 3.8) is 0 Å². The molecular formula is C16H20N6. The minimum atomic E-state index is 0.862. The number of nitrogens with zero attached hydrogens (tertiary/aromatic N) is 6. The summed E-state index contributed by atoms with van der Waals surface area (Å²) in [4.78, 5) is 9.67. The molecule has 1 aromatic carbocycles. The van der Waals surface area contributed by atoms with Gasteiger partial charge in [-0.1, -0.05) is 19.1 Å². The lowest BCUT2D eigenvalue weighted by Crippen LogP contribution is -2.46. The van der Waals surface area contributed by atoms with Crippen LogP contribution in [0.25, 0.3) is 16.7 Å². The Morgan fingerprint density at radius 3 is 2.59 bits per heavy atom. The van der Waals surface area contributed by atoms with Crippen LogP contribution in [-0.4, -0.2) is 57.2 Å². The first-order chi connectivity index (χ1) is 10.8. The fourth-order valence-corrected chi connectivity index (χ4v) is 3.20. The van der Waals surface area contributed by atoms with Gasteiger partial charge in [0, 0.05) is 26.2 Å². The second kappa shape index (κ2) is 5.21. The smallest absolute Gasteiger partial charge is 0.204 e.